The molecule has 0 aliphatic rings. The summed E-state index contributed by atoms with van der Waals surface area (Å²) in [6.07, 6.45) is 0. The Balaban J connectivity index is 0.000000606. The van der Waals surface area contributed by atoms with Gasteiger partial charge in [-0.05, 0) is 6.07 Å². The molecule has 0 aliphatic carbocycles. The van der Waals surface area contributed by atoms with Gasteiger partial charge in [0, 0.05) is 12.6 Å². The molecule has 1 aromatic heterocycles. The summed E-state index contributed by atoms with van der Waals surface area (Å²) < 4.78 is 1.70. The van der Waals surface area contributed by atoms with E-state index in [1.807, 2.05) is 57.3 Å². The van der Waals surface area contributed by atoms with Crippen molar-refractivity contribution in [1.82, 2.24) is 9.78 Å². The first-order valence-electron chi connectivity index (χ1n) is 5.50. The molecule has 16 heavy (non-hydrogen) atoms. The maximum Gasteiger partial charge on any atom is 0.0926 e. The van der Waals surface area contributed by atoms with Gasteiger partial charge in [-0.2, -0.15) is 5.10 Å². The van der Waals surface area contributed by atoms with Crippen molar-refractivity contribution in [3.8, 4) is 11.3 Å². The van der Waals surface area contributed by atoms with E-state index >= 15 is 0 Å². The Kier molecular flexibility index (Phi) is 4.73. The molecule has 0 fully saturated rings. The van der Waals surface area contributed by atoms with Crippen LogP contribution in [0.4, 0.5) is 0 Å². The van der Waals surface area contributed by atoms with Gasteiger partial charge in [-0.3, -0.25) is 4.68 Å². The first-order valence-corrected chi connectivity index (χ1v) is 5.50. The van der Waals surface area contributed by atoms with E-state index in [9.17, 15) is 0 Å². The van der Waals surface area contributed by atoms with E-state index in [0.717, 1.165) is 17.0 Å². The van der Waals surface area contributed by atoms with Gasteiger partial charge < -0.3 is 5.11 Å². The zero-order valence-corrected chi connectivity index (χ0v) is 10.0. The lowest BCUT2D eigenvalue weighted by Crippen LogP contribution is -1.96. The Morgan fingerprint density at radius 1 is 1.19 bits per heavy atom. The number of hydrogen-bond donors (Lipinski definition) is 1. The predicted octanol–water partition coefficient (Wildman–Crippen LogP) is 2.61. The molecule has 86 valence electrons. The van der Waals surface area contributed by atoms with Crippen molar-refractivity contribution in [2.24, 2.45) is 7.05 Å². The van der Waals surface area contributed by atoms with Crippen molar-refractivity contribution in [2.45, 2.75) is 20.5 Å². The molecule has 0 amide bonds. The minimum atomic E-state index is 0.0241. The highest BCUT2D eigenvalue weighted by Crippen LogP contribution is 2.17. The molecule has 2 rings (SSSR count). The van der Waals surface area contributed by atoms with Gasteiger partial charge in [0.2, 0.25) is 0 Å². The lowest BCUT2D eigenvalue weighted by molar-refractivity contribution is 0.270. The van der Waals surface area contributed by atoms with Gasteiger partial charge >= 0.3 is 0 Å². The number of aliphatic hydroxyl groups excluding tert-OH is 1. The van der Waals surface area contributed by atoms with Gasteiger partial charge in [-0.25, -0.2) is 0 Å². The largest absolute Gasteiger partial charge is 0.390 e. The second kappa shape index (κ2) is 6.08. The normalized spacial score (nSPS) is 9.50. The summed E-state index contributed by atoms with van der Waals surface area (Å²) in [7, 11) is 1.83. The van der Waals surface area contributed by atoms with Crippen LogP contribution in [0.1, 0.15) is 19.5 Å². The number of nitrogens with zero attached hydrogens (tertiary/aromatic N) is 2. The third kappa shape index (κ3) is 2.70. The van der Waals surface area contributed by atoms with E-state index in [1.54, 1.807) is 4.68 Å². The third-order valence-corrected chi connectivity index (χ3v) is 2.21. The Hall–Kier alpha value is -1.61. The summed E-state index contributed by atoms with van der Waals surface area (Å²) >= 11 is 0. The molecule has 3 heteroatoms. The highest BCUT2D eigenvalue weighted by Gasteiger charge is 2.04. The second-order valence-corrected chi connectivity index (χ2v) is 3.17. The summed E-state index contributed by atoms with van der Waals surface area (Å²) in [6, 6.07) is 11.8. The summed E-state index contributed by atoms with van der Waals surface area (Å²) in [4.78, 5) is 0. The summed E-state index contributed by atoms with van der Waals surface area (Å²) in [5, 5.41) is 13.3. The number of benzene rings is 1. The van der Waals surface area contributed by atoms with Crippen LogP contribution in [0.3, 0.4) is 0 Å². The molecular weight excluding hydrogens is 200 g/mol. The third-order valence-electron chi connectivity index (χ3n) is 2.21. The molecule has 0 saturated heterocycles. The lowest BCUT2D eigenvalue weighted by Gasteiger charge is -1.93. The average Bonchev–Trinajstić information content (AvgIpc) is 2.74. The molecule has 0 spiro atoms. The molecule has 0 aliphatic heterocycles. The monoisotopic (exact) mass is 218 g/mol. The van der Waals surface area contributed by atoms with Crippen LogP contribution in [-0.2, 0) is 13.7 Å². The van der Waals surface area contributed by atoms with Gasteiger partial charge in [-0.15, -0.1) is 0 Å². The topological polar surface area (TPSA) is 38.0 Å². The van der Waals surface area contributed by atoms with Crippen LogP contribution in [0.5, 0.6) is 0 Å². The molecule has 0 atom stereocenters. The van der Waals surface area contributed by atoms with Crippen molar-refractivity contribution in [2.75, 3.05) is 0 Å². The maximum atomic E-state index is 9.02. The van der Waals surface area contributed by atoms with Crippen molar-refractivity contribution in [3.05, 3.63) is 42.1 Å². The van der Waals surface area contributed by atoms with E-state index in [1.165, 1.54) is 0 Å². The fraction of sp³-hybridized carbons (Fsp3) is 0.308. The molecule has 0 unspecified atom stereocenters. The fourth-order valence-electron chi connectivity index (χ4n) is 1.40. The second-order valence-electron chi connectivity index (χ2n) is 3.17. The Bertz CT molecular complexity index is 421. The molecule has 2 aromatic rings. The first kappa shape index (κ1) is 12.5. The van der Waals surface area contributed by atoms with Gasteiger partial charge in [0.05, 0.1) is 18.0 Å². The number of aromatic nitrogens is 2. The van der Waals surface area contributed by atoms with Crippen LogP contribution in [-0.4, -0.2) is 14.9 Å². The van der Waals surface area contributed by atoms with E-state index < -0.39 is 0 Å². The van der Waals surface area contributed by atoms with Gasteiger partial charge in [0.1, 0.15) is 0 Å². The molecule has 1 N–H and O–H groups in total. The Morgan fingerprint density at radius 3 is 2.31 bits per heavy atom. The highest BCUT2D eigenvalue weighted by atomic mass is 16.3. The predicted molar refractivity (Wildman–Crippen MR) is 65.9 cm³/mol. The first-order chi connectivity index (χ1) is 7.81. The molecular formula is C13H18N2O. The van der Waals surface area contributed by atoms with Crippen molar-refractivity contribution in [3.63, 3.8) is 0 Å². The zero-order valence-electron chi connectivity index (χ0n) is 10.0. The van der Waals surface area contributed by atoms with E-state index in [2.05, 4.69) is 5.10 Å². The van der Waals surface area contributed by atoms with Crippen LogP contribution in [0.25, 0.3) is 11.3 Å². The van der Waals surface area contributed by atoms with Crippen LogP contribution in [0.15, 0.2) is 36.4 Å². The molecule has 0 radical (unpaired) electrons. The molecule has 1 aromatic carbocycles. The van der Waals surface area contributed by atoms with Gasteiger partial charge in [0.15, 0.2) is 0 Å². The van der Waals surface area contributed by atoms with Gasteiger partial charge in [-0.1, -0.05) is 44.2 Å². The highest BCUT2D eigenvalue weighted by molar-refractivity contribution is 5.58. The zero-order chi connectivity index (χ0) is 12.0. The molecule has 1 heterocycles. The summed E-state index contributed by atoms with van der Waals surface area (Å²) in [6.45, 7) is 4.02. The molecule has 0 saturated carbocycles. The number of aryl methyl sites for hydroxylation is 1. The summed E-state index contributed by atoms with van der Waals surface area (Å²) in [5.74, 6) is 0. The molecule has 3 nitrogen and oxygen atoms in total. The number of rotatable bonds is 2. The van der Waals surface area contributed by atoms with Crippen molar-refractivity contribution < 1.29 is 5.11 Å². The number of aliphatic hydroxyl groups is 1. The van der Waals surface area contributed by atoms with Crippen LogP contribution in [0, 0.1) is 0 Å². The SMILES string of the molecule is CC.Cn1nc(-c2ccccc2)cc1CO. The number of hydrogen-bond acceptors (Lipinski definition) is 2. The van der Waals surface area contributed by atoms with Crippen molar-refractivity contribution in [1.29, 1.82) is 0 Å². The Morgan fingerprint density at radius 2 is 1.81 bits per heavy atom. The standard InChI is InChI=1S/C11H12N2O.C2H6/c1-13-10(8-14)7-11(12-13)9-5-3-2-4-6-9;1-2/h2-7,14H,8H2,1H3;1-2H3. The minimum absolute atomic E-state index is 0.0241. The fourth-order valence-corrected chi connectivity index (χ4v) is 1.40. The van der Waals surface area contributed by atoms with E-state index in [4.69, 9.17) is 5.11 Å². The van der Waals surface area contributed by atoms with E-state index in [-0.39, 0.29) is 6.61 Å². The molecule has 0 bridgehead atoms. The van der Waals surface area contributed by atoms with Gasteiger partial charge in [0.25, 0.3) is 0 Å². The minimum Gasteiger partial charge on any atom is -0.390 e. The van der Waals surface area contributed by atoms with Crippen molar-refractivity contribution >= 4 is 0 Å². The lowest BCUT2D eigenvalue weighted by atomic mass is 10.1. The maximum absolute atomic E-state index is 9.02. The van der Waals surface area contributed by atoms with Crippen LogP contribution >= 0.6 is 0 Å². The van der Waals surface area contributed by atoms with E-state index in [0.29, 0.717) is 0 Å². The van der Waals surface area contributed by atoms with Crippen LogP contribution in [0.2, 0.25) is 0 Å². The average molecular weight is 218 g/mol. The smallest absolute Gasteiger partial charge is 0.0926 e. The summed E-state index contributed by atoms with van der Waals surface area (Å²) in [5.41, 5.74) is 2.80. The quantitative estimate of drug-likeness (QED) is 0.841. The Labute approximate surface area is 96.4 Å². The van der Waals surface area contributed by atoms with Crippen LogP contribution < -0.4 is 0 Å².